The van der Waals surface area contributed by atoms with Gasteiger partial charge in [0.25, 0.3) is 5.56 Å². The van der Waals surface area contributed by atoms with Crippen LogP contribution in [-0.2, 0) is 19.6 Å². The van der Waals surface area contributed by atoms with E-state index in [9.17, 15) is 4.79 Å². The van der Waals surface area contributed by atoms with E-state index in [1.165, 1.54) is 0 Å². The summed E-state index contributed by atoms with van der Waals surface area (Å²) in [6.45, 7) is 7.08. The molecule has 0 aliphatic carbocycles. The van der Waals surface area contributed by atoms with Crippen molar-refractivity contribution in [3.05, 3.63) is 64.2 Å². The molecule has 0 bridgehead atoms. The first kappa shape index (κ1) is 18.6. The van der Waals surface area contributed by atoms with E-state index in [1.807, 2.05) is 47.7 Å². The maximum atomic E-state index is 12.8. The van der Waals surface area contributed by atoms with Crippen LogP contribution in [0.3, 0.4) is 0 Å². The van der Waals surface area contributed by atoms with Gasteiger partial charge in [-0.15, -0.1) is 10.2 Å². The number of benzene rings is 2. The lowest BCUT2D eigenvalue weighted by Gasteiger charge is -2.20. The summed E-state index contributed by atoms with van der Waals surface area (Å²) in [6, 6.07) is 13.7. The molecule has 8 heteroatoms. The van der Waals surface area contributed by atoms with E-state index in [1.54, 1.807) is 4.57 Å². The summed E-state index contributed by atoms with van der Waals surface area (Å²) in [5, 5.41) is 9.48. The number of nitrogens with zero attached hydrogens (tertiary/aromatic N) is 5. The number of aryl methyl sites for hydroxylation is 1. The van der Waals surface area contributed by atoms with E-state index in [4.69, 9.17) is 9.47 Å². The Morgan fingerprint density at radius 2 is 1.87 bits per heavy atom. The van der Waals surface area contributed by atoms with Gasteiger partial charge in [0.05, 0.1) is 17.4 Å². The number of hydrogen-bond acceptors (Lipinski definition) is 6. The minimum Gasteiger partial charge on any atom is -0.454 e. The molecule has 5 rings (SSSR count). The molecule has 0 atom stereocenters. The minimum absolute atomic E-state index is 0.0349. The summed E-state index contributed by atoms with van der Waals surface area (Å²) in [7, 11) is 0. The monoisotopic (exact) mass is 405 g/mol. The molecule has 0 unspecified atom stereocenters. The Balaban J connectivity index is 1.53. The minimum atomic E-state index is -0.0349. The molecule has 1 aliphatic rings. The van der Waals surface area contributed by atoms with Crippen molar-refractivity contribution < 1.29 is 9.47 Å². The second-order valence-corrected chi connectivity index (χ2v) is 7.31. The van der Waals surface area contributed by atoms with Crippen LogP contribution in [-0.4, -0.2) is 37.4 Å². The highest BCUT2D eigenvalue weighted by atomic mass is 16.7. The molecular weight excluding hydrogens is 382 g/mol. The first-order valence-electron chi connectivity index (χ1n) is 10.2. The number of fused-ring (bicyclic) bond motifs is 4. The molecule has 30 heavy (non-hydrogen) atoms. The van der Waals surface area contributed by atoms with E-state index in [2.05, 4.69) is 28.1 Å². The number of hydrogen-bond donors (Lipinski definition) is 0. The highest BCUT2D eigenvalue weighted by Gasteiger charge is 2.18. The zero-order valence-corrected chi connectivity index (χ0v) is 17.0. The van der Waals surface area contributed by atoms with Crippen molar-refractivity contribution in [2.24, 2.45) is 0 Å². The average Bonchev–Trinajstić information content (AvgIpc) is 3.40. The first-order valence-corrected chi connectivity index (χ1v) is 10.2. The van der Waals surface area contributed by atoms with Crippen LogP contribution in [0.25, 0.3) is 16.7 Å². The van der Waals surface area contributed by atoms with Crippen molar-refractivity contribution >= 4 is 16.7 Å². The molecule has 0 amide bonds. The van der Waals surface area contributed by atoms with Crippen LogP contribution in [0, 0.1) is 0 Å². The number of aromatic nitrogens is 4. The molecule has 0 radical (unpaired) electrons. The lowest BCUT2D eigenvalue weighted by molar-refractivity contribution is 0.174. The largest absolute Gasteiger partial charge is 0.454 e. The standard InChI is InChI=1S/C22H23N5O3/c1-3-25(12-15-9-10-18-19(11-15)30-14-29-18)13-20-23-24-22-26(4-2)21(28)16-7-5-6-8-17(16)27(20)22/h5-11H,3-4,12-14H2,1-2H3. The Morgan fingerprint density at radius 3 is 2.70 bits per heavy atom. The SMILES string of the molecule is CCN(Cc1ccc2c(c1)OCO2)Cc1nnc2n(CC)c(=O)c3ccccc3n12. The highest BCUT2D eigenvalue weighted by Crippen LogP contribution is 2.32. The second kappa shape index (κ2) is 7.46. The van der Waals surface area contributed by atoms with Gasteiger partial charge in [-0.1, -0.05) is 25.1 Å². The van der Waals surface area contributed by atoms with Crippen molar-refractivity contribution in [3.8, 4) is 11.5 Å². The lowest BCUT2D eigenvalue weighted by Crippen LogP contribution is -2.25. The molecular formula is C22H23N5O3. The third-order valence-electron chi connectivity index (χ3n) is 5.55. The first-order chi connectivity index (χ1) is 14.7. The fourth-order valence-electron chi connectivity index (χ4n) is 3.98. The fraction of sp³-hybridized carbons (Fsp3) is 0.318. The predicted octanol–water partition coefficient (Wildman–Crippen LogP) is 2.81. The van der Waals surface area contributed by atoms with Crippen molar-refractivity contribution in [1.29, 1.82) is 0 Å². The smallest absolute Gasteiger partial charge is 0.262 e. The van der Waals surface area contributed by atoms with Gasteiger partial charge in [-0.3, -0.25) is 18.7 Å². The second-order valence-electron chi connectivity index (χ2n) is 7.31. The van der Waals surface area contributed by atoms with E-state index >= 15 is 0 Å². The number of rotatable bonds is 6. The summed E-state index contributed by atoms with van der Waals surface area (Å²) in [6.07, 6.45) is 0. The van der Waals surface area contributed by atoms with Gasteiger partial charge in [-0.05, 0) is 43.3 Å². The van der Waals surface area contributed by atoms with Crippen LogP contribution < -0.4 is 15.0 Å². The molecule has 4 aromatic rings. The molecule has 0 saturated carbocycles. The van der Waals surface area contributed by atoms with Gasteiger partial charge in [0.15, 0.2) is 17.3 Å². The number of para-hydroxylation sites is 1. The Labute approximate surface area is 173 Å². The lowest BCUT2D eigenvalue weighted by atomic mass is 10.2. The van der Waals surface area contributed by atoms with Crippen LogP contribution in [0.15, 0.2) is 47.3 Å². The van der Waals surface area contributed by atoms with Crippen LogP contribution in [0.2, 0.25) is 0 Å². The molecule has 1 aliphatic heterocycles. The normalized spacial score (nSPS) is 13.0. The molecule has 0 N–H and O–H groups in total. The average molecular weight is 405 g/mol. The molecule has 8 nitrogen and oxygen atoms in total. The predicted molar refractivity (Wildman–Crippen MR) is 113 cm³/mol. The summed E-state index contributed by atoms with van der Waals surface area (Å²) in [4.78, 5) is 15.1. The summed E-state index contributed by atoms with van der Waals surface area (Å²) >= 11 is 0. The number of ether oxygens (including phenoxy) is 2. The van der Waals surface area contributed by atoms with Crippen molar-refractivity contribution in [2.45, 2.75) is 33.5 Å². The molecule has 154 valence electrons. The van der Waals surface area contributed by atoms with Gasteiger partial charge in [-0.25, -0.2) is 0 Å². The summed E-state index contributed by atoms with van der Waals surface area (Å²) in [5.41, 5.74) is 1.94. The Kier molecular flexibility index (Phi) is 4.63. The van der Waals surface area contributed by atoms with Crippen molar-refractivity contribution in [2.75, 3.05) is 13.3 Å². The molecule has 0 fully saturated rings. The van der Waals surface area contributed by atoms with Gasteiger partial charge in [0.1, 0.15) is 0 Å². The molecule has 3 heterocycles. The van der Waals surface area contributed by atoms with Crippen LogP contribution in [0.1, 0.15) is 25.2 Å². The fourth-order valence-corrected chi connectivity index (χ4v) is 3.98. The van der Waals surface area contributed by atoms with E-state index in [0.29, 0.717) is 24.3 Å². The Morgan fingerprint density at radius 1 is 1.03 bits per heavy atom. The molecule has 0 saturated heterocycles. The topological polar surface area (TPSA) is 73.9 Å². The van der Waals surface area contributed by atoms with E-state index < -0.39 is 0 Å². The Hall–Kier alpha value is -3.39. The Bertz CT molecular complexity index is 1290. The van der Waals surface area contributed by atoms with E-state index in [-0.39, 0.29) is 12.4 Å². The van der Waals surface area contributed by atoms with Gasteiger partial charge >= 0.3 is 0 Å². The van der Waals surface area contributed by atoms with Crippen LogP contribution in [0.5, 0.6) is 11.5 Å². The molecule has 2 aromatic carbocycles. The van der Waals surface area contributed by atoms with Crippen molar-refractivity contribution in [3.63, 3.8) is 0 Å². The zero-order chi connectivity index (χ0) is 20.7. The molecule has 0 spiro atoms. The quantitative estimate of drug-likeness (QED) is 0.491. The highest BCUT2D eigenvalue weighted by molar-refractivity contribution is 5.80. The zero-order valence-electron chi connectivity index (χ0n) is 17.0. The summed E-state index contributed by atoms with van der Waals surface area (Å²) < 4.78 is 14.6. The van der Waals surface area contributed by atoms with Gasteiger partial charge in [-0.2, -0.15) is 0 Å². The maximum Gasteiger partial charge on any atom is 0.262 e. The van der Waals surface area contributed by atoms with Crippen LogP contribution in [0.4, 0.5) is 0 Å². The van der Waals surface area contributed by atoms with Gasteiger partial charge < -0.3 is 9.47 Å². The maximum absolute atomic E-state index is 12.8. The van der Waals surface area contributed by atoms with Gasteiger partial charge in [0, 0.05) is 13.1 Å². The van der Waals surface area contributed by atoms with Gasteiger partial charge in [0.2, 0.25) is 12.6 Å². The van der Waals surface area contributed by atoms with Crippen LogP contribution >= 0.6 is 0 Å². The molecule has 2 aromatic heterocycles. The van der Waals surface area contributed by atoms with Crippen molar-refractivity contribution in [1.82, 2.24) is 24.1 Å². The van der Waals surface area contributed by atoms with E-state index in [0.717, 1.165) is 41.5 Å². The summed E-state index contributed by atoms with van der Waals surface area (Å²) in [5.74, 6) is 2.96. The third-order valence-corrected chi connectivity index (χ3v) is 5.55. The third kappa shape index (κ3) is 3.00.